The number of hydrogen-bond acceptors (Lipinski definition) is 5. The predicted octanol–water partition coefficient (Wildman–Crippen LogP) is 1.50. The maximum Gasteiger partial charge on any atom is 0.340 e. The standard InChI is InChI=1S/C12H17N5O/c1-9(2)14-7-10-6-13-5-4-11(10)18-12-15-8-17(3)16-12/h4-6,8-9,14H,7H2,1-3H3. The van der Waals surface area contributed by atoms with Crippen LogP contribution in [0.3, 0.4) is 0 Å². The van der Waals surface area contributed by atoms with Crippen LogP contribution in [0.15, 0.2) is 24.8 Å². The summed E-state index contributed by atoms with van der Waals surface area (Å²) in [6.07, 6.45) is 5.08. The summed E-state index contributed by atoms with van der Waals surface area (Å²) >= 11 is 0. The molecule has 0 radical (unpaired) electrons. The van der Waals surface area contributed by atoms with Gasteiger partial charge in [-0.05, 0) is 6.07 Å². The van der Waals surface area contributed by atoms with Gasteiger partial charge < -0.3 is 10.1 Å². The third-order valence-corrected chi connectivity index (χ3v) is 2.34. The van der Waals surface area contributed by atoms with Crippen molar-refractivity contribution in [3.05, 3.63) is 30.4 Å². The van der Waals surface area contributed by atoms with Gasteiger partial charge in [-0.25, -0.2) is 0 Å². The van der Waals surface area contributed by atoms with Gasteiger partial charge in [0.25, 0.3) is 0 Å². The van der Waals surface area contributed by atoms with E-state index in [2.05, 4.69) is 34.2 Å². The SMILES string of the molecule is CC(C)NCc1cnccc1Oc1ncn(C)n1. The van der Waals surface area contributed by atoms with Gasteiger partial charge >= 0.3 is 6.01 Å². The highest BCUT2D eigenvalue weighted by Gasteiger charge is 2.08. The molecule has 0 aliphatic rings. The molecule has 0 unspecified atom stereocenters. The average molecular weight is 247 g/mol. The van der Waals surface area contributed by atoms with Crippen LogP contribution in [0.4, 0.5) is 0 Å². The normalized spacial score (nSPS) is 10.9. The lowest BCUT2D eigenvalue weighted by atomic mass is 10.2. The molecular weight excluding hydrogens is 230 g/mol. The second-order valence-electron chi connectivity index (χ2n) is 4.32. The van der Waals surface area contributed by atoms with E-state index >= 15 is 0 Å². The fraction of sp³-hybridized carbons (Fsp3) is 0.417. The number of pyridine rings is 1. The Morgan fingerprint density at radius 2 is 2.28 bits per heavy atom. The molecule has 0 fully saturated rings. The first-order valence-corrected chi connectivity index (χ1v) is 5.85. The molecule has 0 bridgehead atoms. The van der Waals surface area contributed by atoms with E-state index in [4.69, 9.17) is 4.74 Å². The Hall–Kier alpha value is -1.95. The number of ether oxygens (including phenoxy) is 1. The summed E-state index contributed by atoms with van der Waals surface area (Å²) < 4.78 is 7.24. The molecule has 0 amide bonds. The summed E-state index contributed by atoms with van der Waals surface area (Å²) in [6.45, 7) is 4.89. The lowest BCUT2D eigenvalue weighted by Crippen LogP contribution is -2.22. The van der Waals surface area contributed by atoms with Crippen molar-refractivity contribution in [2.24, 2.45) is 7.05 Å². The van der Waals surface area contributed by atoms with Gasteiger partial charge in [-0.1, -0.05) is 13.8 Å². The summed E-state index contributed by atoms with van der Waals surface area (Å²) in [5.74, 6) is 0.726. The summed E-state index contributed by atoms with van der Waals surface area (Å²) in [5.41, 5.74) is 0.985. The zero-order chi connectivity index (χ0) is 13.0. The monoisotopic (exact) mass is 247 g/mol. The van der Waals surface area contributed by atoms with E-state index in [9.17, 15) is 0 Å². The van der Waals surface area contributed by atoms with Crippen molar-refractivity contribution in [2.45, 2.75) is 26.4 Å². The molecule has 0 atom stereocenters. The zero-order valence-electron chi connectivity index (χ0n) is 10.8. The predicted molar refractivity (Wildman–Crippen MR) is 67.3 cm³/mol. The first-order chi connectivity index (χ1) is 8.65. The van der Waals surface area contributed by atoms with Crippen molar-refractivity contribution in [1.82, 2.24) is 25.1 Å². The van der Waals surface area contributed by atoms with Gasteiger partial charge in [0, 0.05) is 37.6 Å². The van der Waals surface area contributed by atoms with Gasteiger partial charge in [0.1, 0.15) is 12.1 Å². The smallest absolute Gasteiger partial charge is 0.340 e. The highest BCUT2D eigenvalue weighted by atomic mass is 16.5. The minimum atomic E-state index is 0.342. The fourth-order valence-electron chi connectivity index (χ4n) is 1.43. The average Bonchev–Trinajstić information content (AvgIpc) is 2.73. The number of rotatable bonds is 5. The van der Waals surface area contributed by atoms with Gasteiger partial charge in [-0.2, -0.15) is 4.98 Å². The molecule has 2 rings (SSSR count). The Kier molecular flexibility index (Phi) is 3.88. The third-order valence-electron chi connectivity index (χ3n) is 2.34. The number of aromatic nitrogens is 4. The van der Waals surface area contributed by atoms with Crippen LogP contribution in [-0.2, 0) is 13.6 Å². The van der Waals surface area contributed by atoms with Crippen LogP contribution in [-0.4, -0.2) is 25.8 Å². The Bertz CT molecular complexity index is 509. The minimum absolute atomic E-state index is 0.342. The second-order valence-corrected chi connectivity index (χ2v) is 4.32. The van der Waals surface area contributed by atoms with E-state index in [1.807, 2.05) is 6.07 Å². The molecule has 6 heteroatoms. The van der Waals surface area contributed by atoms with Crippen LogP contribution in [0.2, 0.25) is 0 Å². The van der Waals surface area contributed by atoms with E-state index in [0.717, 1.165) is 11.3 Å². The van der Waals surface area contributed by atoms with Gasteiger partial charge in [0.15, 0.2) is 0 Å². The van der Waals surface area contributed by atoms with Crippen molar-refractivity contribution in [3.63, 3.8) is 0 Å². The third kappa shape index (κ3) is 3.27. The fourth-order valence-corrected chi connectivity index (χ4v) is 1.43. The second kappa shape index (κ2) is 5.59. The summed E-state index contributed by atoms with van der Waals surface area (Å²) in [7, 11) is 1.80. The molecule has 6 nitrogen and oxygen atoms in total. The molecule has 1 N–H and O–H groups in total. The number of nitrogens with zero attached hydrogens (tertiary/aromatic N) is 4. The zero-order valence-corrected chi connectivity index (χ0v) is 10.8. The van der Waals surface area contributed by atoms with Crippen molar-refractivity contribution < 1.29 is 4.74 Å². The number of nitrogens with one attached hydrogen (secondary N) is 1. The molecule has 0 aromatic carbocycles. The minimum Gasteiger partial charge on any atom is -0.423 e. The molecular formula is C12H17N5O. The highest BCUT2D eigenvalue weighted by Crippen LogP contribution is 2.21. The Labute approximate surface area is 106 Å². The van der Waals surface area contributed by atoms with Crippen molar-refractivity contribution >= 4 is 0 Å². The van der Waals surface area contributed by atoms with E-state index in [1.54, 1.807) is 30.5 Å². The largest absolute Gasteiger partial charge is 0.423 e. The Balaban J connectivity index is 2.11. The lowest BCUT2D eigenvalue weighted by molar-refractivity contribution is 0.429. The lowest BCUT2D eigenvalue weighted by Gasteiger charge is -2.11. The molecule has 0 aliphatic carbocycles. The van der Waals surface area contributed by atoms with Crippen molar-refractivity contribution in [2.75, 3.05) is 0 Å². The van der Waals surface area contributed by atoms with Crippen LogP contribution in [0.1, 0.15) is 19.4 Å². The summed E-state index contributed by atoms with van der Waals surface area (Å²) in [5, 5.41) is 7.41. The highest BCUT2D eigenvalue weighted by molar-refractivity contribution is 5.32. The molecule has 2 aromatic rings. The topological polar surface area (TPSA) is 64.9 Å². The molecule has 0 saturated carbocycles. The summed E-state index contributed by atoms with van der Waals surface area (Å²) in [6, 6.07) is 2.56. The molecule has 96 valence electrons. The molecule has 2 heterocycles. The maximum atomic E-state index is 5.64. The van der Waals surface area contributed by atoms with Crippen LogP contribution < -0.4 is 10.1 Å². The molecule has 2 aromatic heterocycles. The van der Waals surface area contributed by atoms with E-state index in [0.29, 0.717) is 18.6 Å². The quantitative estimate of drug-likeness (QED) is 0.867. The first kappa shape index (κ1) is 12.5. The van der Waals surface area contributed by atoms with Crippen LogP contribution in [0.25, 0.3) is 0 Å². The van der Waals surface area contributed by atoms with E-state index < -0.39 is 0 Å². The van der Waals surface area contributed by atoms with Gasteiger partial charge in [0.2, 0.25) is 0 Å². The van der Waals surface area contributed by atoms with Gasteiger partial charge in [0.05, 0.1) is 0 Å². The van der Waals surface area contributed by atoms with E-state index in [1.165, 1.54) is 0 Å². The maximum absolute atomic E-state index is 5.64. The Morgan fingerprint density at radius 3 is 2.94 bits per heavy atom. The Morgan fingerprint density at radius 1 is 1.44 bits per heavy atom. The van der Waals surface area contributed by atoms with Crippen LogP contribution in [0.5, 0.6) is 11.8 Å². The molecule has 18 heavy (non-hydrogen) atoms. The number of hydrogen-bond donors (Lipinski definition) is 1. The number of aryl methyl sites for hydroxylation is 1. The summed E-state index contributed by atoms with van der Waals surface area (Å²) in [4.78, 5) is 8.14. The van der Waals surface area contributed by atoms with Crippen LogP contribution in [0, 0.1) is 0 Å². The van der Waals surface area contributed by atoms with E-state index in [-0.39, 0.29) is 0 Å². The first-order valence-electron chi connectivity index (χ1n) is 5.85. The molecule has 0 spiro atoms. The van der Waals surface area contributed by atoms with Gasteiger partial charge in [-0.15, -0.1) is 5.10 Å². The van der Waals surface area contributed by atoms with Crippen LogP contribution >= 0.6 is 0 Å². The van der Waals surface area contributed by atoms with Gasteiger partial charge in [-0.3, -0.25) is 9.67 Å². The van der Waals surface area contributed by atoms with Crippen molar-refractivity contribution in [1.29, 1.82) is 0 Å². The molecule has 0 saturated heterocycles. The van der Waals surface area contributed by atoms with Crippen molar-refractivity contribution in [3.8, 4) is 11.8 Å². The molecule has 0 aliphatic heterocycles.